The topological polar surface area (TPSA) is 124 Å². The molecular weight excluding hydrogens is 376 g/mol. The van der Waals surface area contributed by atoms with E-state index in [4.69, 9.17) is 16.3 Å². The lowest BCUT2D eigenvalue weighted by Gasteiger charge is -2.37. The summed E-state index contributed by atoms with van der Waals surface area (Å²) < 4.78 is 5.14. The molecule has 1 unspecified atom stereocenters. The molecule has 1 aromatic carbocycles. The van der Waals surface area contributed by atoms with Crippen molar-refractivity contribution in [2.75, 3.05) is 7.11 Å². The van der Waals surface area contributed by atoms with Gasteiger partial charge >= 0.3 is 5.97 Å². The van der Waals surface area contributed by atoms with Gasteiger partial charge in [0.1, 0.15) is 11.5 Å². The summed E-state index contributed by atoms with van der Waals surface area (Å²) in [6, 6.07) is 4.03. The number of halogens is 1. The summed E-state index contributed by atoms with van der Waals surface area (Å²) in [6.45, 7) is 3.08. The Morgan fingerprint density at radius 2 is 1.81 bits per heavy atom. The van der Waals surface area contributed by atoms with E-state index in [9.17, 15) is 30.0 Å². The Morgan fingerprint density at radius 3 is 2.33 bits per heavy atom. The molecule has 0 fully saturated rings. The molecule has 0 saturated carbocycles. The summed E-state index contributed by atoms with van der Waals surface area (Å²) in [5.74, 6) is -4.67. The van der Waals surface area contributed by atoms with E-state index in [2.05, 4.69) is 0 Å². The van der Waals surface area contributed by atoms with Crippen molar-refractivity contribution >= 4 is 23.4 Å². The molecule has 1 aliphatic rings. The fourth-order valence-corrected chi connectivity index (χ4v) is 3.25. The van der Waals surface area contributed by atoms with Gasteiger partial charge in [-0.1, -0.05) is 31.5 Å². The molecule has 4 N–H and O–H groups in total. The van der Waals surface area contributed by atoms with Crippen LogP contribution in [0.25, 0.3) is 0 Å². The standard InChI is InChI=1S/C19H19ClO7/c1-19(2)11(17(27-3)16(24)15(23)14(19)18(25)26)6-7-12(21)10-5-4-9(20)8-13(10)22/h4-8,11,22-24H,1-3H3,(H,25,26). The fourth-order valence-electron chi connectivity index (χ4n) is 3.09. The second-order valence-corrected chi connectivity index (χ2v) is 6.97. The number of carboxylic acid groups (broad SMARTS) is 1. The van der Waals surface area contributed by atoms with E-state index in [-0.39, 0.29) is 22.1 Å². The number of ether oxygens (including phenoxy) is 1. The molecule has 0 aromatic heterocycles. The molecule has 0 spiro atoms. The number of carboxylic acids is 1. The predicted octanol–water partition coefficient (Wildman–Crippen LogP) is 3.75. The van der Waals surface area contributed by atoms with Gasteiger partial charge in [0, 0.05) is 16.4 Å². The first kappa shape index (κ1) is 20.4. The van der Waals surface area contributed by atoms with E-state index in [0.29, 0.717) is 0 Å². The number of carbonyl (C=O) groups excluding carboxylic acids is 1. The third-order valence-electron chi connectivity index (χ3n) is 4.50. The molecule has 0 heterocycles. The number of aliphatic hydroxyl groups is 2. The molecule has 0 aliphatic heterocycles. The number of hydrogen-bond donors (Lipinski definition) is 4. The quantitative estimate of drug-likeness (QED) is 0.442. The number of carbonyl (C=O) groups is 2. The minimum absolute atomic E-state index is 0.00767. The van der Waals surface area contributed by atoms with Gasteiger partial charge in [0.25, 0.3) is 0 Å². The lowest BCUT2D eigenvalue weighted by molar-refractivity contribution is -0.134. The van der Waals surface area contributed by atoms with Crippen LogP contribution in [0.4, 0.5) is 0 Å². The van der Waals surface area contributed by atoms with Crippen LogP contribution in [0.3, 0.4) is 0 Å². The Bertz CT molecular complexity index is 893. The smallest absolute Gasteiger partial charge is 0.336 e. The first-order valence-corrected chi connectivity index (χ1v) is 8.25. The summed E-state index contributed by atoms with van der Waals surface area (Å²) in [7, 11) is 1.26. The molecule has 8 heteroatoms. The van der Waals surface area contributed by atoms with E-state index in [1.807, 2.05) is 0 Å². The van der Waals surface area contributed by atoms with Gasteiger partial charge in [-0.25, -0.2) is 4.79 Å². The number of aliphatic carboxylic acids is 1. The molecule has 0 amide bonds. The molecule has 1 aromatic rings. The average Bonchev–Trinajstić information content (AvgIpc) is 2.55. The van der Waals surface area contributed by atoms with Crippen molar-refractivity contribution in [1.29, 1.82) is 0 Å². The number of methoxy groups -OCH3 is 1. The highest BCUT2D eigenvalue weighted by molar-refractivity contribution is 6.31. The number of ketones is 1. The minimum atomic E-state index is -1.40. The molecule has 144 valence electrons. The van der Waals surface area contributed by atoms with Gasteiger partial charge in [-0.05, 0) is 24.3 Å². The first-order chi connectivity index (χ1) is 12.5. The Balaban J connectivity index is 2.48. The maximum Gasteiger partial charge on any atom is 0.336 e. The molecule has 2 rings (SSSR count). The van der Waals surface area contributed by atoms with Crippen LogP contribution < -0.4 is 0 Å². The molecule has 7 nitrogen and oxygen atoms in total. The van der Waals surface area contributed by atoms with E-state index >= 15 is 0 Å². The van der Waals surface area contributed by atoms with Gasteiger partial charge in [0.2, 0.25) is 0 Å². The van der Waals surface area contributed by atoms with Crippen LogP contribution in [-0.2, 0) is 9.53 Å². The van der Waals surface area contributed by atoms with E-state index in [1.165, 1.54) is 45.2 Å². The van der Waals surface area contributed by atoms with E-state index in [0.717, 1.165) is 6.08 Å². The first-order valence-electron chi connectivity index (χ1n) is 7.87. The second kappa shape index (κ2) is 7.36. The molecule has 27 heavy (non-hydrogen) atoms. The summed E-state index contributed by atoms with van der Waals surface area (Å²) in [6.07, 6.45) is 2.50. The number of rotatable bonds is 5. The van der Waals surface area contributed by atoms with Crippen molar-refractivity contribution in [2.45, 2.75) is 13.8 Å². The number of phenols is 1. The lowest BCUT2D eigenvalue weighted by Crippen LogP contribution is -2.36. The van der Waals surface area contributed by atoms with E-state index < -0.39 is 40.2 Å². The van der Waals surface area contributed by atoms with Crippen LogP contribution in [-0.4, -0.2) is 39.3 Å². The van der Waals surface area contributed by atoms with E-state index in [1.54, 1.807) is 0 Å². The number of hydrogen-bond acceptors (Lipinski definition) is 6. The van der Waals surface area contributed by atoms with Crippen molar-refractivity contribution in [3.8, 4) is 5.75 Å². The molecule has 0 bridgehead atoms. The Morgan fingerprint density at radius 1 is 1.19 bits per heavy atom. The van der Waals surface area contributed by atoms with Crippen LogP contribution in [0, 0.1) is 11.3 Å². The van der Waals surface area contributed by atoms with Crippen molar-refractivity contribution in [3.05, 3.63) is 63.8 Å². The average molecular weight is 395 g/mol. The summed E-state index contributed by atoms with van der Waals surface area (Å²) in [5, 5.41) is 39.7. The van der Waals surface area contributed by atoms with Crippen LogP contribution in [0.1, 0.15) is 24.2 Å². The largest absolute Gasteiger partial charge is 0.507 e. The third-order valence-corrected chi connectivity index (χ3v) is 4.73. The summed E-state index contributed by atoms with van der Waals surface area (Å²) in [5.41, 5.74) is -1.60. The van der Waals surface area contributed by atoms with Gasteiger partial charge in [0.05, 0.1) is 18.2 Å². The zero-order chi connectivity index (χ0) is 20.5. The van der Waals surface area contributed by atoms with Gasteiger partial charge < -0.3 is 25.2 Å². The maximum absolute atomic E-state index is 12.4. The Kier molecular flexibility index (Phi) is 5.56. The molecule has 0 radical (unpaired) electrons. The summed E-state index contributed by atoms with van der Waals surface area (Å²) in [4.78, 5) is 24.0. The maximum atomic E-state index is 12.4. The zero-order valence-electron chi connectivity index (χ0n) is 14.9. The van der Waals surface area contributed by atoms with Gasteiger partial charge in [-0.3, -0.25) is 4.79 Å². The normalized spacial score (nSPS) is 19.5. The van der Waals surface area contributed by atoms with Crippen LogP contribution in [0.5, 0.6) is 5.75 Å². The highest BCUT2D eigenvalue weighted by Crippen LogP contribution is 2.47. The fraction of sp³-hybridized carbons (Fsp3) is 0.263. The zero-order valence-corrected chi connectivity index (χ0v) is 15.6. The Labute approximate surface area is 160 Å². The van der Waals surface area contributed by atoms with Crippen molar-refractivity contribution in [3.63, 3.8) is 0 Å². The van der Waals surface area contributed by atoms with Crippen molar-refractivity contribution in [1.82, 2.24) is 0 Å². The highest BCUT2D eigenvalue weighted by atomic mass is 35.5. The van der Waals surface area contributed by atoms with Crippen molar-refractivity contribution < 1.29 is 34.8 Å². The Hall–Kier alpha value is -2.93. The van der Waals surface area contributed by atoms with Gasteiger partial charge in [-0.15, -0.1) is 0 Å². The van der Waals surface area contributed by atoms with Crippen LogP contribution >= 0.6 is 11.6 Å². The third kappa shape index (κ3) is 3.64. The number of benzene rings is 1. The van der Waals surface area contributed by atoms with Crippen LogP contribution in [0.2, 0.25) is 5.02 Å². The molecule has 1 atom stereocenters. The minimum Gasteiger partial charge on any atom is -0.507 e. The molecule has 1 aliphatic carbocycles. The number of phenolic OH excluding ortho intramolecular Hbond substituents is 1. The monoisotopic (exact) mass is 394 g/mol. The number of aromatic hydroxyl groups is 1. The SMILES string of the molecule is COC1=C(O)C(O)=C(C(=O)O)C(C)(C)C1C=CC(=O)c1ccc(Cl)cc1O. The predicted molar refractivity (Wildman–Crippen MR) is 97.8 cm³/mol. The number of allylic oxidation sites excluding steroid dienone is 2. The number of aliphatic hydroxyl groups excluding tert-OH is 2. The van der Waals surface area contributed by atoms with Gasteiger partial charge in [-0.2, -0.15) is 0 Å². The second-order valence-electron chi connectivity index (χ2n) is 6.53. The lowest BCUT2D eigenvalue weighted by atomic mass is 9.68. The molecular formula is C19H19ClO7. The highest BCUT2D eigenvalue weighted by Gasteiger charge is 2.46. The summed E-state index contributed by atoms with van der Waals surface area (Å²) >= 11 is 5.75. The molecule has 0 saturated heterocycles. The van der Waals surface area contributed by atoms with Crippen LogP contribution in [0.15, 0.2) is 53.2 Å². The van der Waals surface area contributed by atoms with Gasteiger partial charge in [0.15, 0.2) is 17.3 Å². The van der Waals surface area contributed by atoms with Crippen molar-refractivity contribution in [2.24, 2.45) is 11.3 Å².